The largest absolute Gasteiger partial charge is 0.477 e. The highest BCUT2D eigenvalue weighted by Crippen LogP contribution is 2.19. The Hall–Kier alpha value is -0.560. The van der Waals surface area contributed by atoms with Crippen LogP contribution in [0.1, 0.15) is 12.8 Å². The average Bonchev–Trinajstić information content (AvgIpc) is 3.03. The van der Waals surface area contributed by atoms with Crippen molar-refractivity contribution in [3.63, 3.8) is 0 Å². The highest BCUT2D eigenvalue weighted by Gasteiger charge is 1.95. The van der Waals surface area contributed by atoms with Crippen molar-refractivity contribution in [1.82, 2.24) is 0 Å². The molecule has 0 bridgehead atoms. The maximum absolute atomic E-state index is 4.65. The highest BCUT2D eigenvalue weighted by atomic mass is 32.2. The average molecular weight is 278 g/mol. The minimum absolute atomic E-state index is 0.580. The number of hydrogen-bond donors (Lipinski definition) is 0. The molecule has 3 aliphatic heterocycles. The zero-order chi connectivity index (χ0) is 12.0. The van der Waals surface area contributed by atoms with Crippen molar-refractivity contribution >= 4 is 36.1 Å². The summed E-state index contributed by atoms with van der Waals surface area (Å²) in [5.74, 6) is 2.79. The smallest absolute Gasteiger partial charge is 0.212 e. The Bertz CT molecular complexity index is 198. The lowest BCUT2D eigenvalue weighted by Gasteiger charge is -2.05. The normalized spacial score (nSPS) is 20.7. The van der Waals surface area contributed by atoms with Crippen molar-refractivity contribution in [1.29, 1.82) is 0 Å². The lowest BCUT2D eigenvalue weighted by Crippen LogP contribution is -2.04. The van der Waals surface area contributed by atoms with Crippen LogP contribution in [0.25, 0.3) is 0 Å². The molecule has 0 unspecified atom stereocenters. The van der Waals surface area contributed by atoms with Gasteiger partial charge in [-0.15, -0.1) is 0 Å². The molecule has 98 valence electrons. The first-order chi connectivity index (χ1) is 8.50. The molecule has 0 aromatic carbocycles. The molecule has 5 nitrogen and oxygen atoms in total. The first-order valence-corrected chi connectivity index (χ1v) is 7.86. The van der Waals surface area contributed by atoms with Crippen LogP contribution >= 0.6 is 23.5 Å². The van der Waals surface area contributed by atoms with Gasteiger partial charge in [-0.2, -0.15) is 23.5 Å². The molecule has 3 rings (SSSR count). The molecule has 0 aromatic rings. The monoisotopic (exact) mass is 278 g/mol. The van der Waals surface area contributed by atoms with Gasteiger partial charge in [-0.3, -0.25) is 0 Å². The van der Waals surface area contributed by atoms with Gasteiger partial charge in [0, 0.05) is 17.7 Å². The molecule has 0 spiro atoms. The van der Waals surface area contributed by atoms with Gasteiger partial charge in [-0.1, -0.05) is 10.3 Å². The molecule has 0 N–H and O–H groups in total. The SMILES string of the molecule is C1=NOCC1.C1=NOCCO1.C1CSCSC1. The molecule has 7 heteroatoms. The van der Waals surface area contributed by atoms with Gasteiger partial charge >= 0.3 is 0 Å². The molecular weight excluding hydrogens is 260 g/mol. The number of hydrogen-bond acceptors (Lipinski definition) is 7. The first kappa shape index (κ1) is 14.5. The van der Waals surface area contributed by atoms with E-state index in [4.69, 9.17) is 0 Å². The van der Waals surface area contributed by atoms with Gasteiger partial charge in [-0.25, -0.2) is 0 Å². The number of oxime groups is 2. The van der Waals surface area contributed by atoms with Gasteiger partial charge in [-0.05, 0) is 17.9 Å². The Labute approximate surface area is 110 Å². The van der Waals surface area contributed by atoms with E-state index in [0.29, 0.717) is 13.2 Å². The van der Waals surface area contributed by atoms with Gasteiger partial charge in [0.05, 0.1) is 0 Å². The van der Waals surface area contributed by atoms with Crippen molar-refractivity contribution in [2.45, 2.75) is 12.8 Å². The maximum Gasteiger partial charge on any atom is 0.212 e. The van der Waals surface area contributed by atoms with Crippen LogP contribution in [0.5, 0.6) is 0 Å². The third-order valence-corrected chi connectivity index (χ3v) is 4.20. The summed E-state index contributed by atoms with van der Waals surface area (Å²) in [5, 5.41) is 8.12. The van der Waals surface area contributed by atoms with E-state index in [1.54, 1.807) is 6.21 Å². The molecule has 0 aromatic heterocycles. The second-order valence-corrected chi connectivity index (χ2v) is 5.69. The summed E-state index contributed by atoms with van der Waals surface area (Å²) < 4.78 is 4.65. The van der Waals surface area contributed by atoms with Crippen LogP contribution < -0.4 is 0 Å². The Balaban J connectivity index is 0.000000128. The Morgan fingerprint density at radius 1 is 0.941 bits per heavy atom. The summed E-state index contributed by atoms with van der Waals surface area (Å²) in [7, 11) is 0. The summed E-state index contributed by atoms with van der Waals surface area (Å²) in [4.78, 5) is 9.03. The van der Waals surface area contributed by atoms with Crippen LogP contribution in [0.2, 0.25) is 0 Å². The second kappa shape index (κ2) is 11.9. The number of nitrogens with zero attached hydrogens (tertiary/aromatic N) is 2. The van der Waals surface area contributed by atoms with Gasteiger partial charge in [0.2, 0.25) is 6.40 Å². The predicted octanol–water partition coefficient (Wildman–Crippen LogP) is 2.18. The third-order valence-electron chi connectivity index (χ3n) is 1.72. The van der Waals surface area contributed by atoms with Crippen molar-refractivity contribution in [2.24, 2.45) is 10.3 Å². The molecule has 3 heterocycles. The van der Waals surface area contributed by atoms with Gasteiger partial charge in [0.25, 0.3) is 0 Å². The summed E-state index contributed by atoms with van der Waals surface area (Å²) in [6.45, 7) is 1.99. The molecule has 0 aliphatic carbocycles. The molecule has 0 saturated carbocycles. The van der Waals surface area contributed by atoms with E-state index in [2.05, 4.69) is 48.2 Å². The van der Waals surface area contributed by atoms with Crippen LogP contribution in [0.4, 0.5) is 0 Å². The van der Waals surface area contributed by atoms with E-state index in [0.717, 1.165) is 13.0 Å². The second-order valence-electron chi connectivity index (χ2n) is 3.11. The highest BCUT2D eigenvalue weighted by molar-refractivity contribution is 8.16. The molecule has 1 fully saturated rings. The Kier molecular flexibility index (Phi) is 10.2. The molecule has 0 radical (unpaired) electrons. The zero-order valence-electron chi connectivity index (χ0n) is 9.75. The lowest BCUT2D eigenvalue weighted by molar-refractivity contribution is 0.0719. The maximum atomic E-state index is 4.65. The Morgan fingerprint density at radius 3 is 1.94 bits per heavy atom. The van der Waals surface area contributed by atoms with Crippen LogP contribution in [-0.4, -0.2) is 49.0 Å². The number of ether oxygens (including phenoxy) is 1. The summed E-state index contributed by atoms with van der Waals surface area (Å²) in [6, 6.07) is 0. The summed E-state index contributed by atoms with van der Waals surface area (Å²) >= 11 is 4.12. The molecule has 3 aliphatic rings. The van der Waals surface area contributed by atoms with Crippen LogP contribution in [0.15, 0.2) is 10.3 Å². The predicted molar refractivity (Wildman–Crippen MR) is 73.9 cm³/mol. The summed E-state index contributed by atoms with van der Waals surface area (Å²) in [6.07, 6.45) is 5.47. The third kappa shape index (κ3) is 10.3. The molecule has 0 amide bonds. The minimum atomic E-state index is 0.580. The van der Waals surface area contributed by atoms with Crippen LogP contribution in [0.3, 0.4) is 0 Å². The number of rotatable bonds is 0. The fourth-order valence-electron chi connectivity index (χ4n) is 0.955. The van der Waals surface area contributed by atoms with E-state index in [-0.39, 0.29) is 0 Å². The fourth-order valence-corrected chi connectivity index (χ4v) is 3.25. The molecule has 0 atom stereocenters. The van der Waals surface area contributed by atoms with E-state index in [1.165, 1.54) is 29.4 Å². The van der Waals surface area contributed by atoms with E-state index in [9.17, 15) is 0 Å². The van der Waals surface area contributed by atoms with Gasteiger partial charge < -0.3 is 14.4 Å². The van der Waals surface area contributed by atoms with E-state index < -0.39 is 0 Å². The molecular formula is C10H18N2O3S2. The van der Waals surface area contributed by atoms with Crippen molar-refractivity contribution in [3.05, 3.63) is 0 Å². The first-order valence-electron chi connectivity index (χ1n) is 5.55. The Morgan fingerprint density at radius 2 is 1.76 bits per heavy atom. The zero-order valence-corrected chi connectivity index (χ0v) is 11.4. The fraction of sp³-hybridized carbons (Fsp3) is 0.800. The number of thioether (sulfide) groups is 2. The molecule has 17 heavy (non-hydrogen) atoms. The van der Waals surface area contributed by atoms with Gasteiger partial charge in [0.1, 0.15) is 13.2 Å². The topological polar surface area (TPSA) is 52.4 Å². The lowest BCUT2D eigenvalue weighted by atomic mass is 10.5. The quantitative estimate of drug-likeness (QED) is 0.680. The van der Waals surface area contributed by atoms with E-state index >= 15 is 0 Å². The molecule has 1 saturated heterocycles. The van der Waals surface area contributed by atoms with Crippen LogP contribution in [-0.2, 0) is 14.4 Å². The van der Waals surface area contributed by atoms with Crippen molar-refractivity contribution in [2.75, 3.05) is 36.4 Å². The van der Waals surface area contributed by atoms with Crippen molar-refractivity contribution < 1.29 is 14.4 Å². The van der Waals surface area contributed by atoms with Crippen molar-refractivity contribution in [3.8, 4) is 0 Å². The summed E-state index contributed by atoms with van der Waals surface area (Å²) in [5.41, 5.74) is 0. The van der Waals surface area contributed by atoms with Gasteiger partial charge in [0.15, 0.2) is 6.61 Å². The van der Waals surface area contributed by atoms with E-state index in [1.807, 2.05) is 0 Å². The van der Waals surface area contributed by atoms with Crippen LogP contribution in [0, 0.1) is 0 Å². The standard InChI is InChI=1S/C4H8S2.C3H5NO2.C3H5NO/c1-2-5-4-6-3-1;1-2-6-4-3-5-1;1-2-4-5-3-1/h1-4H2;3H,1-2H2;2H,1,3H2. The minimum Gasteiger partial charge on any atom is -0.477 e.